The molecule has 1 unspecified atom stereocenters. The third-order valence-corrected chi connectivity index (χ3v) is 5.27. The molecule has 1 atom stereocenters. The SMILES string of the molecule is CCCCCCCCCCCCC(Oc1ccc(O)c(CCCC)c1)C(N)=O. The number of carbonyl (C=O) groups is 1. The zero-order valence-electron chi connectivity index (χ0n) is 18.0. The fraction of sp³-hybridized carbons (Fsp3) is 0.708. The van der Waals surface area contributed by atoms with E-state index in [2.05, 4.69) is 13.8 Å². The highest BCUT2D eigenvalue weighted by Gasteiger charge is 2.17. The van der Waals surface area contributed by atoms with Crippen molar-refractivity contribution in [3.05, 3.63) is 23.8 Å². The second-order valence-corrected chi connectivity index (χ2v) is 7.87. The highest BCUT2D eigenvalue weighted by atomic mass is 16.5. The summed E-state index contributed by atoms with van der Waals surface area (Å²) in [6.45, 7) is 4.36. The molecule has 1 aromatic carbocycles. The van der Waals surface area contributed by atoms with Gasteiger partial charge in [0.15, 0.2) is 6.10 Å². The lowest BCUT2D eigenvalue weighted by Gasteiger charge is -2.17. The van der Waals surface area contributed by atoms with Gasteiger partial charge in [0.25, 0.3) is 5.91 Å². The maximum absolute atomic E-state index is 11.8. The van der Waals surface area contributed by atoms with Crippen LogP contribution in [0.25, 0.3) is 0 Å². The minimum atomic E-state index is -0.599. The summed E-state index contributed by atoms with van der Waals surface area (Å²) in [5.41, 5.74) is 6.40. The van der Waals surface area contributed by atoms with Crippen LogP contribution in [0.4, 0.5) is 0 Å². The highest BCUT2D eigenvalue weighted by Crippen LogP contribution is 2.26. The number of carbonyl (C=O) groups excluding carboxylic acids is 1. The van der Waals surface area contributed by atoms with Crippen molar-refractivity contribution in [3.8, 4) is 11.5 Å². The van der Waals surface area contributed by atoms with Gasteiger partial charge in [0.1, 0.15) is 11.5 Å². The first-order valence-electron chi connectivity index (χ1n) is 11.4. The molecule has 160 valence electrons. The first-order chi connectivity index (χ1) is 13.6. The van der Waals surface area contributed by atoms with Gasteiger partial charge in [0.05, 0.1) is 0 Å². The maximum atomic E-state index is 11.8. The van der Waals surface area contributed by atoms with Crippen molar-refractivity contribution in [1.82, 2.24) is 0 Å². The fourth-order valence-electron chi connectivity index (χ4n) is 3.44. The Hall–Kier alpha value is -1.71. The van der Waals surface area contributed by atoms with Crippen molar-refractivity contribution in [3.63, 3.8) is 0 Å². The Kier molecular flexibility index (Phi) is 13.2. The number of hydrogen-bond donors (Lipinski definition) is 2. The monoisotopic (exact) mass is 391 g/mol. The number of aromatic hydroxyl groups is 1. The lowest BCUT2D eigenvalue weighted by Crippen LogP contribution is -2.33. The first kappa shape index (κ1) is 24.3. The molecule has 0 bridgehead atoms. The number of primary amides is 1. The predicted octanol–water partition coefficient (Wildman–Crippen LogP) is 6.28. The number of unbranched alkanes of at least 4 members (excludes halogenated alkanes) is 10. The molecule has 0 saturated carbocycles. The van der Waals surface area contributed by atoms with Crippen molar-refractivity contribution in [2.24, 2.45) is 5.73 Å². The van der Waals surface area contributed by atoms with Crippen molar-refractivity contribution in [2.45, 2.75) is 110 Å². The molecule has 0 aliphatic heterocycles. The minimum absolute atomic E-state index is 0.283. The van der Waals surface area contributed by atoms with Gasteiger partial charge in [0.2, 0.25) is 0 Å². The topological polar surface area (TPSA) is 72.6 Å². The van der Waals surface area contributed by atoms with E-state index in [4.69, 9.17) is 10.5 Å². The third-order valence-electron chi connectivity index (χ3n) is 5.27. The Morgan fingerprint density at radius 2 is 1.50 bits per heavy atom. The average molecular weight is 392 g/mol. The summed E-state index contributed by atoms with van der Waals surface area (Å²) in [5, 5.41) is 9.96. The van der Waals surface area contributed by atoms with E-state index < -0.39 is 12.0 Å². The quantitative estimate of drug-likeness (QED) is 0.307. The number of phenols is 1. The van der Waals surface area contributed by atoms with E-state index in [-0.39, 0.29) is 5.75 Å². The molecule has 4 nitrogen and oxygen atoms in total. The number of benzene rings is 1. The molecular formula is C24H41NO3. The normalized spacial score (nSPS) is 12.1. The van der Waals surface area contributed by atoms with E-state index in [9.17, 15) is 9.90 Å². The van der Waals surface area contributed by atoms with Gasteiger partial charge >= 0.3 is 0 Å². The van der Waals surface area contributed by atoms with Crippen LogP contribution < -0.4 is 10.5 Å². The molecule has 0 saturated heterocycles. The smallest absolute Gasteiger partial charge is 0.258 e. The lowest BCUT2D eigenvalue weighted by molar-refractivity contribution is -0.125. The lowest BCUT2D eigenvalue weighted by atomic mass is 10.0. The summed E-state index contributed by atoms with van der Waals surface area (Å²) in [6.07, 6.45) is 15.5. The Balaban J connectivity index is 2.31. The van der Waals surface area contributed by atoms with Crippen LogP contribution in [0, 0.1) is 0 Å². The second kappa shape index (κ2) is 15.2. The first-order valence-corrected chi connectivity index (χ1v) is 11.4. The molecule has 0 radical (unpaired) electrons. The van der Waals surface area contributed by atoms with Crippen LogP contribution in [0.15, 0.2) is 18.2 Å². The van der Waals surface area contributed by atoms with Crippen molar-refractivity contribution in [1.29, 1.82) is 0 Å². The Labute approximate surface area is 171 Å². The molecule has 28 heavy (non-hydrogen) atoms. The number of ether oxygens (including phenoxy) is 1. The van der Waals surface area contributed by atoms with E-state index in [1.165, 1.54) is 51.4 Å². The van der Waals surface area contributed by atoms with Gasteiger partial charge in [-0.15, -0.1) is 0 Å². The zero-order valence-corrected chi connectivity index (χ0v) is 18.0. The summed E-state index contributed by atoms with van der Waals surface area (Å²) >= 11 is 0. The van der Waals surface area contributed by atoms with Gasteiger partial charge in [0, 0.05) is 0 Å². The molecule has 0 aliphatic rings. The number of rotatable bonds is 17. The summed E-state index contributed by atoms with van der Waals surface area (Å²) in [6, 6.07) is 5.18. The summed E-state index contributed by atoms with van der Waals surface area (Å²) in [7, 11) is 0. The van der Waals surface area contributed by atoms with Crippen LogP contribution in [0.2, 0.25) is 0 Å². The number of aryl methyl sites for hydroxylation is 1. The van der Waals surface area contributed by atoms with Gasteiger partial charge < -0.3 is 15.6 Å². The molecule has 0 aliphatic carbocycles. The molecular weight excluding hydrogens is 350 g/mol. The van der Waals surface area contributed by atoms with E-state index in [0.717, 1.165) is 37.7 Å². The molecule has 0 spiro atoms. The molecule has 0 heterocycles. The highest BCUT2D eigenvalue weighted by molar-refractivity contribution is 5.79. The van der Waals surface area contributed by atoms with E-state index in [1.807, 2.05) is 6.07 Å². The minimum Gasteiger partial charge on any atom is -0.508 e. The molecule has 3 N–H and O–H groups in total. The van der Waals surface area contributed by atoms with E-state index in [1.54, 1.807) is 12.1 Å². The largest absolute Gasteiger partial charge is 0.508 e. The Morgan fingerprint density at radius 3 is 2.07 bits per heavy atom. The average Bonchev–Trinajstić information content (AvgIpc) is 2.68. The van der Waals surface area contributed by atoms with Gasteiger partial charge in [-0.3, -0.25) is 4.79 Å². The summed E-state index contributed by atoms with van der Waals surface area (Å²) in [5.74, 6) is 0.477. The van der Waals surface area contributed by atoms with Gasteiger partial charge in [-0.25, -0.2) is 0 Å². The summed E-state index contributed by atoms with van der Waals surface area (Å²) in [4.78, 5) is 11.8. The van der Waals surface area contributed by atoms with E-state index >= 15 is 0 Å². The van der Waals surface area contributed by atoms with Crippen LogP contribution in [-0.4, -0.2) is 17.1 Å². The van der Waals surface area contributed by atoms with Gasteiger partial charge in [-0.05, 0) is 49.4 Å². The van der Waals surface area contributed by atoms with Crippen molar-refractivity contribution < 1.29 is 14.6 Å². The standard InChI is InChI=1S/C24H41NO3/c1-3-5-7-8-9-10-11-12-13-14-16-23(24(25)27)28-21-17-18-22(26)20(19-21)15-6-4-2/h17-19,23,26H,3-16H2,1-2H3,(H2,25,27). The predicted molar refractivity (Wildman–Crippen MR) is 117 cm³/mol. The Bertz CT molecular complexity index is 545. The van der Waals surface area contributed by atoms with Crippen molar-refractivity contribution >= 4 is 5.91 Å². The van der Waals surface area contributed by atoms with Gasteiger partial charge in [-0.2, -0.15) is 0 Å². The van der Waals surface area contributed by atoms with Crippen LogP contribution in [0.3, 0.4) is 0 Å². The van der Waals surface area contributed by atoms with Crippen LogP contribution in [0.1, 0.15) is 103 Å². The number of phenolic OH excluding ortho intramolecular Hbond substituents is 1. The number of hydrogen-bond acceptors (Lipinski definition) is 3. The third kappa shape index (κ3) is 10.6. The fourth-order valence-corrected chi connectivity index (χ4v) is 3.44. The summed E-state index contributed by atoms with van der Waals surface area (Å²) < 4.78 is 5.85. The maximum Gasteiger partial charge on any atom is 0.258 e. The number of nitrogens with two attached hydrogens (primary N) is 1. The van der Waals surface area contributed by atoms with Crippen LogP contribution >= 0.6 is 0 Å². The zero-order chi connectivity index (χ0) is 20.6. The Morgan fingerprint density at radius 1 is 0.929 bits per heavy atom. The molecule has 0 fully saturated rings. The van der Waals surface area contributed by atoms with Gasteiger partial charge in [-0.1, -0.05) is 78.1 Å². The molecule has 1 aromatic rings. The van der Waals surface area contributed by atoms with Crippen LogP contribution in [0.5, 0.6) is 11.5 Å². The van der Waals surface area contributed by atoms with Crippen LogP contribution in [-0.2, 0) is 11.2 Å². The number of amides is 1. The molecule has 1 amide bonds. The molecule has 1 rings (SSSR count). The van der Waals surface area contributed by atoms with E-state index in [0.29, 0.717) is 12.2 Å². The molecule has 4 heteroatoms. The van der Waals surface area contributed by atoms with Crippen molar-refractivity contribution in [2.75, 3.05) is 0 Å². The molecule has 0 aromatic heterocycles. The second-order valence-electron chi connectivity index (χ2n) is 7.87.